The fraction of sp³-hybridized carbons (Fsp3) is 0. The number of para-hydroxylation sites is 1. The van der Waals surface area contributed by atoms with Gasteiger partial charge in [-0.2, -0.15) is 0 Å². The molecule has 0 aliphatic rings. The van der Waals surface area contributed by atoms with Gasteiger partial charge in [-0.1, -0.05) is 24.8 Å². The van der Waals surface area contributed by atoms with E-state index in [0.717, 1.165) is 16.9 Å². The van der Waals surface area contributed by atoms with Crippen molar-refractivity contribution in [3.8, 4) is 0 Å². The SMILES string of the molecule is C=C(c1ccccc1N)n1ccnc1. The monoisotopic (exact) mass is 185 g/mol. The summed E-state index contributed by atoms with van der Waals surface area (Å²) in [5.74, 6) is 0. The van der Waals surface area contributed by atoms with Gasteiger partial charge in [0.25, 0.3) is 0 Å². The Labute approximate surface area is 82.5 Å². The van der Waals surface area contributed by atoms with Crippen LogP contribution in [0.1, 0.15) is 5.56 Å². The molecule has 0 aliphatic carbocycles. The lowest BCUT2D eigenvalue weighted by Crippen LogP contribution is -1.98. The molecule has 0 amide bonds. The molecule has 0 bridgehead atoms. The molecule has 1 heterocycles. The molecule has 0 saturated heterocycles. The second-order valence-corrected chi connectivity index (χ2v) is 3.00. The molecule has 3 heteroatoms. The van der Waals surface area contributed by atoms with Crippen molar-refractivity contribution in [2.75, 3.05) is 5.73 Å². The number of nitrogens with zero attached hydrogens (tertiary/aromatic N) is 2. The number of hydrogen-bond acceptors (Lipinski definition) is 2. The van der Waals surface area contributed by atoms with Gasteiger partial charge in [0, 0.05) is 29.3 Å². The molecule has 2 rings (SSSR count). The zero-order chi connectivity index (χ0) is 9.97. The van der Waals surface area contributed by atoms with Crippen molar-refractivity contribution >= 4 is 11.4 Å². The van der Waals surface area contributed by atoms with Gasteiger partial charge in [0.15, 0.2) is 0 Å². The lowest BCUT2D eigenvalue weighted by atomic mass is 10.1. The van der Waals surface area contributed by atoms with Crippen LogP contribution in [0, 0.1) is 0 Å². The first-order valence-electron chi connectivity index (χ1n) is 4.31. The topological polar surface area (TPSA) is 43.8 Å². The van der Waals surface area contributed by atoms with E-state index in [0.29, 0.717) is 0 Å². The molecule has 0 fully saturated rings. The van der Waals surface area contributed by atoms with Gasteiger partial charge in [-0.15, -0.1) is 0 Å². The van der Waals surface area contributed by atoms with Crippen LogP contribution < -0.4 is 5.73 Å². The minimum atomic E-state index is 0.728. The molecule has 70 valence electrons. The Morgan fingerprint density at radius 1 is 1.36 bits per heavy atom. The molecule has 0 aliphatic heterocycles. The fourth-order valence-electron chi connectivity index (χ4n) is 1.32. The Hall–Kier alpha value is -2.03. The molecular formula is C11H11N3. The van der Waals surface area contributed by atoms with Gasteiger partial charge in [-0.25, -0.2) is 4.98 Å². The summed E-state index contributed by atoms with van der Waals surface area (Å²) >= 11 is 0. The van der Waals surface area contributed by atoms with Gasteiger partial charge in [0.1, 0.15) is 0 Å². The zero-order valence-corrected chi connectivity index (χ0v) is 7.72. The van der Waals surface area contributed by atoms with Gasteiger partial charge in [-0.05, 0) is 6.07 Å². The van der Waals surface area contributed by atoms with E-state index >= 15 is 0 Å². The number of nitrogen functional groups attached to an aromatic ring is 1. The average molecular weight is 185 g/mol. The predicted octanol–water partition coefficient (Wildman–Crippen LogP) is 1.98. The third-order valence-corrected chi connectivity index (χ3v) is 2.09. The maximum atomic E-state index is 5.83. The molecule has 1 aromatic carbocycles. The third kappa shape index (κ3) is 1.40. The second-order valence-electron chi connectivity index (χ2n) is 3.00. The summed E-state index contributed by atoms with van der Waals surface area (Å²) in [6, 6.07) is 7.64. The van der Waals surface area contributed by atoms with Gasteiger partial charge < -0.3 is 10.3 Å². The summed E-state index contributed by atoms with van der Waals surface area (Å²) in [5.41, 5.74) is 8.33. The Morgan fingerprint density at radius 3 is 2.79 bits per heavy atom. The van der Waals surface area contributed by atoms with Gasteiger partial charge in [-0.3, -0.25) is 0 Å². The smallest absolute Gasteiger partial charge is 0.0991 e. The van der Waals surface area contributed by atoms with E-state index in [-0.39, 0.29) is 0 Å². The summed E-state index contributed by atoms with van der Waals surface area (Å²) in [6.07, 6.45) is 5.26. The molecule has 2 N–H and O–H groups in total. The third-order valence-electron chi connectivity index (χ3n) is 2.09. The second kappa shape index (κ2) is 3.38. The maximum absolute atomic E-state index is 5.83. The molecule has 1 aromatic heterocycles. The summed E-state index contributed by atoms with van der Waals surface area (Å²) in [4.78, 5) is 3.96. The van der Waals surface area contributed by atoms with Crippen LogP contribution in [0.15, 0.2) is 49.6 Å². The molecule has 0 saturated carbocycles. The molecule has 0 spiro atoms. The standard InChI is InChI=1S/C11H11N3/c1-9(14-7-6-13-8-14)10-4-2-3-5-11(10)12/h2-8H,1,12H2. The maximum Gasteiger partial charge on any atom is 0.0991 e. The lowest BCUT2D eigenvalue weighted by Gasteiger charge is -2.08. The van der Waals surface area contributed by atoms with Crippen LogP contribution in [0.25, 0.3) is 5.70 Å². The van der Waals surface area contributed by atoms with Crippen molar-refractivity contribution in [2.24, 2.45) is 0 Å². The Bertz CT molecular complexity index is 443. The van der Waals surface area contributed by atoms with Crippen molar-refractivity contribution in [1.82, 2.24) is 9.55 Å². The molecule has 3 nitrogen and oxygen atoms in total. The van der Waals surface area contributed by atoms with E-state index in [2.05, 4.69) is 11.6 Å². The van der Waals surface area contributed by atoms with Gasteiger partial charge in [0.05, 0.1) is 6.33 Å². The van der Waals surface area contributed by atoms with Crippen molar-refractivity contribution in [2.45, 2.75) is 0 Å². The van der Waals surface area contributed by atoms with Crippen molar-refractivity contribution in [3.05, 3.63) is 55.1 Å². The number of benzene rings is 1. The molecule has 14 heavy (non-hydrogen) atoms. The summed E-state index contributed by atoms with van der Waals surface area (Å²) in [7, 11) is 0. The van der Waals surface area contributed by atoms with Crippen molar-refractivity contribution in [1.29, 1.82) is 0 Å². The van der Waals surface area contributed by atoms with Crippen LogP contribution >= 0.6 is 0 Å². The first-order chi connectivity index (χ1) is 6.79. The highest BCUT2D eigenvalue weighted by molar-refractivity contribution is 5.73. The summed E-state index contributed by atoms with van der Waals surface area (Å²) < 4.78 is 1.84. The van der Waals surface area contributed by atoms with E-state index in [1.807, 2.05) is 35.0 Å². The number of imidazole rings is 1. The van der Waals surface area contributed by atoms with Crippen LogP contribution in [-0.4, -0.2) is 9.55 Å². The van der Waals surface area contributed by atoms with Gasteiger partial charge >= 0.3 is 0 Å². The van der Waals surface area contributed by atoms with Crippen LogP contribution in [0.2, 0.25) is 0 Å². The Kier molecular flexibility index (Phi) is 2.07. The highest BCUT2D eigenvalue weighted by atomic mass is 15.0. The quantitative estimate of drug-likeness (QED) is 0.727. The minimum Gasteiger partial charge on any atom is -0.398 e. The first kappa shape index (κ1) is 8.56. The van der Waals surface area contributed by atoms with Crippen LogP contribution in [0.3, 0.4) is 0 Å². The minimum absolute atomic E-state index is 0.728. The molecular weight excluding hydrogens is 174 g/mol. The van der Waals surface area contributed by atoms with E-state index in [4.69, 9.17) is 5.73 Å². The molecule has 0 atom stereocenters. The highest BCUT2D eigenvalue weighted by Gasteiger charge is 2.03. The zero-order valence-electron chi connectivity index (χ0n) is 7.72. The van der Waals surface area contributed by atoms with E-state index in [1.165, 1.54) is 0 Å². The summed E-state index contributed by atoms with van der Waals surface area (Å²) in [5, 5.41) is 0. The number of aromatic nitrogens is 2. The molecule has 0 unspecified atom stereocenters. The summed E-state index contributed by atoms with van der Waals surface area (Å²) in [6.45, 7) is 3.97. The van der Waals surface area contributed by atoms with Crippen LogP contribution in [-0.2, 0) is 0 Å². The fourth-order valence-corrected chi connectivity index (χ4v) is 1.32. The molecule has 0 radical (unpaired) electrons. The highest BCUT2D eigenvalue weighted by Crippen LogP contribution is 2.20. The van der Waals surface area contributed by atoms with E-state index in [9.17, 15) is 0 Å². The van der Waals surface area contributed by atoms with Crippen molar-refractivity contribution < 1.29 is 0 Å². The number of nitrogens with two attached hydrogens (primary N) is 1. The normalized spacial score (nSPS) is 10.0. The van der Waals surface area contributed by atoms with E-state index in [1.54, 1.807) is 12.5 Å². The van der Waals surface area contributed by atoms with Gasteiger partial charge in [0.2, 0.25) is 0 Å². The average Bonchev–Trinajstić information content (AvgIpc) is 2.70. The van der Waals surface area contributed by atoms with Crippen LogP contribution in [0.5, 0.6) is 0 Å². The molecule has 2 aromatic rings. The number of rotatable bonds is 2. The van der Waals surface area contributed by atoms with E-state index < -0.39 is 0 Å². The Balaban J connectivity index is 2.42. The van der Waals surface area contributed by atoms with Crippen molar-refractivity contribution in [3.63, 3.8) is 0 Å². The van der Waals surface area contributed by atoms with Crippen LogP contribution in [0.4, 0.5) is 5.69 Å². The largest absolute Gasteiger partial charge is 0.398 e. The lowest BCUT2D eigenvalue weighted by molar-refractivity contribution is 1.09. The first-order valence-corrected chi connectivity index (χ1v) is 4.31. The Morgan fingerprint density at radius 2 is 2.14 bits per heavy atom. The number of anilines is 1. The number of hydrogen-bond donors (Lipinski definition) is 1. The predicted molar refractivity (Wildman–Crippen MR) is 57.5 cm³/mol.